The minimum absolute atomic E-state index is 0.00505. The minimum atomic E-state index is -0.660. The normalized spacial score (nSPS) is 8.93. The number of nitrogens with two attached hydrogens (primary N) is 1. The fraction of sp³-hybridized carbons (Fsp3) is 0.111. The first-order chi connectivity index (χ1) is 7.10. The Hall–Kier alpha value is -2.60. The Labute approximate surface area is 85.3 Å². The number of hydrogen-bond donors (Lipinski definition) is 1. The fourth-order valence-electron chi connectivity index (χ4n) is 1.15. The van der Waals surface area contributed by atoms with Crippen LogP contribution in [-0.2, 0) is 6.42 Å². The van der Waals surface area contributed by atoms with Gasteiger partial charge in [0.25, 0.3) is 5.69 Å². The lowest BCUT2D eigenvalue weighted by atomic mass is 10.0. The molecule has 15 heavy (non-hydrogen) atoms. The van der Waals surface area contributed by atoms with Crippen molar-refractivity contribution in [2.75, 3.05) is 5.73 Å². The lowest BCUT2D eigenvalue weighted by Crippen LogP contribution is -1.99. The molecule has 6 nitrogen and oxygen atoms in total. The number of nitrogens with zero attached hydrogens (tertiary/aromatic N) is 3. The van der Waals surface area contributed by atoms with Gasteiger partial charge in [0.05, 0.1) is 29.0 Å². The third kappa shape index (κ3) is 2.01. The van der Waals surface area contributed by atoms with Crippen LogP contribution in [0, 0.1) is 32.8 Å². The summed E-state index contributed by atoms with van der Waals surface area (Å²) < 4.78 is 0. The van der Waals surface area contributed by atoms with Gasteiger partial charge < -0.3 is 5.73 Å². The van der Waals surface area contributed by atoms with Gasteiger partial charge in [-0.25, -0.2) is 0 Å². The maximum atomic E-state index is 10.5. The van der Waals surface area contributed by atoms with Gasteiger partial charge in [-0.3, -0.25) is 10.1 Å². The molecule has 0 amide bonds. The largest absolute Gasteiger partial charge is 0.393 e. The van der Waals surface area contributed by atoms with Crippen molar-refractivity contribution in [3.63, 3.8) is 0 Å². The molecule has 2 N–H and O–H groups in total. The van der Waals surface area contributed by atoms with Gasteiger partial charge in [-0.15, -0.1) is 0 Å². The fourth-order valence-corrected chi connectivity index (χ4v) is 1.15. The van der Waals surface area contributed by atoms with E-state index >= 15 is 0 Å². The molecule has 1 aromatic rings. The average molecular weight is 202 g/mol. The highest BCUT2D eigenvalue weighted by atomic mass is 16.6. The standard InChI is InChI=1S/C9H6N4O2/c10-2-1-6-3-8(12)9(13(14)15)4-7(6)5-11/h3-4H,1,12H2. The molecule has 0 saturated heterocycles. The molecule has 74 valence electrons. The third-order valence-corrected chi connectivity index (χ3v) is 1.84. The Morgan fingerprint density at radius 1 is 1.47 bits per heavy atom. The molecule has 6 heteroatoms. The second kappa shape index (κ2) is 4.07. The number of nitriles is 2. The summed E-state index contributed by atoms with van der Waals surface area (Å²) >= 11 is 0. The van der Waals surface area contributed by atoms with Crippen LogP contribution in [0.25, 0.3) is 0 Å². The molecule has 0 unspecified atom stereocenters. The van der Waals surface area contributed by atoms with E-state index in [0.29, 0.717) is 5.56 Å². The van der Waals surface area contributed by atoms with E-state index in [-0.39, 0.29) is 23.4 Å². The van der Waals surface area contributed by atoms with Crippen LogP contribution in [-0.4, -0.2) is 4.92 Å². The number of benzene rings is 1. The molecule has 0 aliphatic rings. The number of rotatable bonds is 2. The Morgan fingerprint density at radius 3 is 2.60 bits per heavy atom. The van der Waals surface area contributed by atoms with Crippen LogP contribution in [0.4, 0.5) is 11.4 Å². The topological polar surface area (TPSA) is 117 Å². The molecule has 0 aliphatic carbocycles. The number of nitrogen functional groups attached to an aromatic ring is 1. The van der Waals surface area contributed by atoms with E-state index in [1.54, 1.807) is 6.07 Å². The maximum Gasteiger partial charge on any atom is 0.293 e. The molecular weight excluding hydrogens is 196 g/mol. The highest BCUT2D eigenvalue weighted by Crippen LogP contribution is 2.25. The SMILES string of the molecule is N#CCc1cc(N)c([N+](=O)[O-])cc1C#N. The van der Waals surface area contributed by atoms with E-state index in [1.165, 1.54) is 6.07 Å². The van der Waals surface area contributed by atoms with E-state index in [9.17, 15) is 10.1 Å². The van der Waals surface area contributed by atoms with Crippen LogP contribution in [0.5, 0.6) is 0 Å². The van der Waals surface area contributed by atoms with Gasteiger partial charge in [0.15, 0.2) is 0 Å². The second-order valence-electron chi connectivity index (χ2n) is 2.77. The molecule has 1 aromatic carbocycles. The van der Waals surface area contributed by atoms with Crippen molar-refractivity contribution in [1.82, 2.24) is 0 Å². The molecular formula is C9H6N4O2. The van der Waals surface area contributed by atoms with E-state index in [4.69, 9.17) is 16.3 Å². The molecule has 0 bridgehead atoms. The quantitative estimate of drug-likeness (QED) is 0.438. The molecule has 1 rings (SSSR count). The van der Waals surface area contributed by atoms with Gasteiger partial charge >= 0.3 is 0 Å². The van der Waals surface area contributed by atoms with Gasteiger partial charge in [-0.1, -0.05) is 0 Å². The highest BCUT2D eigenvalue weighted by molar-refractivity contribution is 5.64. The summed E-state index contributed by atoms with van der Waals surface area (Å²) in [5, 5.41) is 27.7. The van der Waals surface area contributed by atoms with Crippen LogP contribution < -0.4 is 5.73 Å². The smallest absolute Gasteiger partial charge is 0.293 e. The molecule has 0 radical (unpaired) electrons. The summed E-state index contributed by atoms with van der Waals surface area (Å²) in [7, 11) is 0. The number of nitro groups is 1. The lowest BCUT2D eigenvalue weighted by molar-refractivity contribution is -0.383. The third-order valence-electron chi connectivity index (χ3n) is 1.84. The van der Waals surface area contributed by atoms with Crippen LogP contribution in [0.2, 0.25) is 0 Å². The van der Waals surface area contributed by atoms with Gasteiger partial charge in [0, 0.05) is 6.07 Å². The van der Waals surface area contributed by atoms with Crippen LogP contribution >= 0.6 is 0 Å². The number of nitro benzene ring substituents is 1. The van der Waals surface area contributed by atoms with E-state index in [0.717, 1.165) is 6.07 Å². The van der Waals surface area contributed by atoms with E-state index < -0.39 is 4.92 Å². The average Bonchev–Trinajstić information content (AvgIpc) is 2.18. The number of hydrogen-bond acceptors (Lipinski definition) is 5. The van der Waals surface area contributed by atoms with Crippen molar-refractivity contribution < 1.29 is 4.92 Å². The molecule has 0 aliphatic heterocycles. The van der Waals surface area contributed by atoms with E-state index in [2.05, 4.69) is 0 Å². The van der Waals surface area contributed by atoms with Crippen LogP contribution in [0.15, 0.2) is 12.1 Å². The van der Waals surface area contributed by atoms with Gasteiger partial charge in [0.2, 0.25) is 0 Å². The van der Waals surface area contributed by atoms with Crippen molar-refractivity contribution in [3.05, 3.63) is 33.4 Å². The first-order valence-corrected chi connectivity index (χ1v) is 3.94. The molecule has 0 atom stereocenters. The van der Waals surface area contributed by atoms with Crippen LogP contribution in [0.3, 0.4) is 0 Å². The molecule has 0 spiro atoms. The summed E-state index contributed by atoms with van der Waals surface area (Å²) in [6, 6.07) is 6.03. The monoisotopic (exact) mass is 202 g/mol. The molecule has 0 saturated carbocycles. The van der Waals surface area contributed by atoms with Gasteiger partial charge in [-0.05, 0) is 11.6 Å². The Bertz CT molecular complexity index is 496. The summed E-state index contributed by atoms with van der Waals surface area (Å²) in [5.74, 6) is 0. The summed E-state index contributed by atoms with van der Waals surface area (Å²) in [5.41, 5.74) is 5.58. The number of anilines is 1. The predicted octanol–water partition coefficient (Wildman–Crippen LogP) is 1.11. The van der Waals surface area contributed by atoms with Crippen molar-refractivity contribution in [2.45, 2.75) is 6.42 Å². The predicted molar refractivity (Wildman–Crippen MR) is 51.5 cm³/mol. The zero-order valence-electron chi connectivity index (χ0n) is 7.60. The van der Waals surface area contributed by atoms with Crippen molar-refractivity contribution in [3.8, 4) is 12.1 Å². The maximum absolute atomic E-state index is 10.5. The minimum Gasteiger partial charge on any atom is -0.393 e. The zero-order chi connectivity index (χ0) is 11.4. The second-order valence-corrected chi connectivity index (χ2v) is 2.77. The Morgan fingerprint density at radius 2 is 2.13 bits per heavy atom. The molecule has 0 fully saturated rings. The van der Waals surface area contributed by atoms with Crippen molar-refractivity contribution >= 4 is 11.4 Å². The summed E-state index contributed by atoms with van der Waals surface area (Å²) in [4.78, 5) is 9.85. The lowest BCUT2D eigenvalue weighted by Gasteiger charge is -2.01. The first kappa shape index (κ1) is 10.5. The zero-order valence-corrected chi connectivity index (χ0v) is 7.60. The molecule has 0 aromatic heterocycles. The van der Waals surface area contributed by atoms with Gasteiger partial charge in [0.1, 0.15) is 5.69 Å². The van der Waals surface area contributed by atoms with Crippen molar-refractivity contribution in [1.29, 1.82) is 10.5 Å². The molecule has 0 heterocycles. The summed E-state index contributed by atoms with van der Waals surface area (Å²) in [6.45, 7) is 0. The summed E-state index contributed by atoms with van der Waals surface area (Å²) in [6.07, 6.45) is 0.00505. The van der Waals surface area contributed by atoms with Crippen molar-refractivity contribution in [2.24, 2.45) is 0 Å². The van der Waals surface area contributed by atoms with E-state index in [1.807, 2.05) is 6.07 Å². The van der Waals surface area contributed by atoms with Crippen LogP contribution in [0.1, 0.15) is 11.1 Å². The Kier molecular flexibility index (Phi) is 2.85. The van der Waals surface area contributed by atoms with Gasteiger partial charge in [-0.2, -0.15) is 10.5 Å². The Balaban J connectivity index is 3.38. The first-order valence-electron chi connectivity index (χ1n) is 3.94. The highest BCUT2D eigenvalue weighted by Gasteiger charge is 2.15.